The summed E-state index contributed by atoms with van der Waals surface area (Å²) in [6.07, 6.45) is 2.66. The van der Waals surface area contributed by atoms with Crippen LogP contribution in [0, 0.1) is 0 Å². The van der Waals surface area contributed by atoms with Gasteiger partial charge in [-0.3, -0.25) is 4.79 Å². The minimum Gasteiger partial charge on any atom is -0.508 e. The summed E-state index contributed by atoms with van der Waals surface area (Å²) in [4.78, 5) is 11.6. The topological polar surface area (TPSA) is 83.5 Å². The standard InChI is InChI=1S/C15H13NO4S/c17-13-7-9-14(10-8-13)21(19,20)16-15(18)11-6-12-4-2-1-3-5-12/h1-11,17H,(H,16,18). The fraction of sp³-hybridized carbons (Fsp3) is 0. The summed E-state index contributed by atoms with van der Waals surface area (Å²) in [5, 5.41) is 9.12. The van der Waals surface area contributed by atoms with Crippen molar-refractivity contribution in [3.05, 3.63) is 66.2 Å². The van der Waals surface area contributed by atoms with Crippen molar-refractivity contribution >= 4 is 22.0 Å². The van der Waals surface area contributed by atoms with Gasteiger partial charge in [0.1, 0.15) is 5.75 Å². The van der Waals surface area contributed by atoms with Crippen LogP contribution >= 0.6 is 0 Å². The van der Waals surface area contributed by atoms with Crippen molar-refractivity contribution in [2.45, 2.75) is 4.90 Å². The van der Waals surface area contributed by atoms with Gasteiger partial charge in [-0.15, -0.1) is 0 Å². The van der Waals surface area contributed by atoms with Crippen molar-refractivity contribution in [1.82, 2.24) is 4.72 Å². The van der Waals surface area contributed by atoms with Crippen LogP contribution in [0.15, 0.2) is 65.6 Å². The van der Waals surface area contributed by atoms with E-state index in [9.17, 15) is 13.2 Å². The zero-order valence-electron chi connectivity index (χ0n) is 10.9. The first-order chi connectivity index (χ1) is 9.97. The van der Waals surface area contributed by atoms with Gasteiger partial charge in [0.15, 0.2) is 0 Å². The first-order valence-corrected chi connectivity index (χ1v) is 7.55. The summed E-state index contributed by atoms with van der Waals surface area (Å²) in [6, 6.07) is 13.9. The van der Waals surface area contributed by atoms with Gasteiger partial charge in [0, 0.05) is 6.08 Å². The zero-order valence-corrected chi connectivity index (χ0v) is 11.7. The molecule has 0 bridgehead atoms. The number of carbonyl (C=O) groups excluding carboxylic acids is 1. The number of aromatic hydroxyl groups is 1. The number of nitrogens with one attached hydrogen (secondary N) is 1. The third-order valence-electron chi connectivity index (χ3n) is 2.61. The maximum absolute atomic E-state index is 11.9. The zero-order chi connectivity index (χ0) is 15.3. The van der Waals surface area contributed by atoms with E-state index >= 15 is 0 Å². The maximum atomic E-state index is 11.9. The van der Waals surface area contributed by atoms with Crippen molar-refractivity contribution in [3.63, 3.8) is 0 Å². The van der Waals surface area contributed by atoms with Crippen molar-refractivity contribution in [1.29, 1.82) is 0 Å². The highest BCUT2D eigenvalue weighted by Crippen LogP contribution is 2.14. The molecule has 6 heteroatoms. The molecule has 0 fully saturated rings. The SMILES string of the molecule is O=C(C=Cc1ccccc1)NS(=O)(=O)c1ccc(O)cc1. The normalized spacial score (nSPS) is 11.4. The highest BCUT2D eigenvalue weighted by atomic mass is 32.2. The molecular formula is C15H13NO4S. The number of hydrogen-bond donors (Lipinski definition) is 2. The van der Waals surface area contributed by atoms with Crippen LogP contribution < -0.4 is 4.72 Å². The summed E-state index contributed by atoms with van der Waals surface area (Å²) in [5.74, 6) is -0.795. The Bertz CT molecular complexity index is 750. The van der Waals surface area contributed by atoms with Gasteiger partial charge in [-0.05, 0) is 35.9 Å². The van der Waals surface area contributed by atoms with E-state index in [0.717, 1.165) is 11.6 Å². The van der Waals surface area contributed by atoms with E-state index in [0.29, 0.717) is 0 Å². The van der Waals surface area contributed by atoms with Crippen molar-refractivity contribution in [2.24, 2.45) is 0 Å². The smallest absolute Gasteiger partial charge is 0.264 e. The van der Waals surface area contributed by atoms with E-state index in [-0.39, 0.29) is 10.6 Å². The van der Waals surface area contributed by atoms with Gasteiger partial charge in [0.25, 0.3) is 15.9 Å². The fourth-order valence-electron chi connectivity index (χ4n) is 1.59. The quantitative estimate of drug-likeness (QED) is 0.845. The first kappa shape index (κ1) is 14.8. The lowest BCUT2D eigenvalue weighted by atomic mass is 10.2. The van der Waals surface area contributed by atoms with Gasteiger partial charge in [0.2, 0.25) is 0 Å². The van der Waals surface area contributed by atoms with Gasteiger partial charge in [-0.25, -0.2) is 13.1 Å². The van der Waals surface area contributed by atoms with Crippen LogP contribution in [0.5, 0.6) is 5.75 Å². The Labute approximate surface area is 122 Å². The molecule has 2 aromatic carbocycles. The Kier molecular flexibility index (Phi) is 4.39. The third-order valence-corrected chi connectivity index (χ3v) is 3.97. The van der Waals surface area contributed by atoms with Gasteiger partial charge in [-0.1, -0.05) is 30.3 Å². The molecule has 0 unspecified atom stereocenters. The molecule has 2 rings (SSSR count). The molecule has 0 aliphatic carbocycles. The molecule has 0 atom stereocenters. The van der Waals surface area contributed by atoms with Crippen LogP contribution in [0.2, 0.25) is 0 Å². The second kappa shape index (κ2) is 6.23. The number of amides is 1. The van der Waals surface area contributed by atoms with E-state index in [2.05, 4.69) is 0 Å². The molecular weight excluding hydrogens is 290 g/mol. The number of hydrogen-bond acceptors (Lipinski definition) is 4. The number of rotatable bonds is 4. The number of phenolic OH excluding ortho intramolecular Hbond substituents is 1. The third kappa shape index (κ3) is 4.19. The van der Waals surface area contributed by atoms with Crippen LogP contribution in [0.1, 0.15) is 5.56 Å². The molecule has 0 aliphatic heterocycles. The van der Waals surface area contributed by atoms with Crippen LogP contribution in [0.4, 0.5) is 0 Å². The van der Waals surface area contributed by atoms with Crippen molar-refractivity contribution in [3.8, 4) is 5.75 Å². The van der Waals surface area contributed by atoms with Crippen LogP contribution in [0.3, 0.4) is 0 Å². The second-order valence-electron chi connectivity index (χ2n) is 4.21. The summed E-state index contributed by atoms with van der Waals surface area (Å²) >= 11 is 0. The molecule has 0 heterocycles. The number of sulfonamides is 1. The highest BCUT2D eigenvalue weighted by Gasteiger charge is 2.15. The lowest BCUT2D eigenvalue weighted by Crippen LogP contribution is -2.28. The summed E-state index contributed by atoms with van der Waals surface area (Å²) < 4.78 is 25.8. The van der Waals surface area contributed by atoms with Gasteiger partial charge in [-0.2, -0.15) is 0 Å². The molecule has 1 amide bonds. The molecule has 0 saturated heterocycles. The Morgan fingerprint density at radius 1 is 1.00 bits per heavy atom. The Morgan fingerprint density at radius 3 is 2.24 bits per heavy atom. The van der Waals surface area contributed by atoms with E-state index in [1.807, 2.05) is 22.9 Å². The molecule has 2 N–H and O–H groups in total. The molecule has 0 aromatic heterocycles. The lowest BCUT2D eigenvalue weighted by Gasteiger charge is -2.04. The molecule has 2 aromatic rings. The van der Waals surface area contributed by atoms with Crippen molar-refractivity contribution < 1.29 is 18.3 Å². The molecule has 108 valence electrons. The Balaban J connectivity index is 2.08. The predicted molar refractivity (Wildman–Crippen MR) is 78.9 cm³/mol. The lowest BCUT2D eigenvalue weighted by molar-refractivity contribution is -0.114. The van der Waals surface area contributed by atoms with Gasteiger partial charge < -0.3 is 5.11 Å². The molecule has 0 aliphatic rings. The van der Waals surface area contributed by atoms with Gasteiger partial charge in [0.05, 0.1) is 4.90 Å². The molecule has 5 nitrogen and oxygen atoms in total. The molecule has 21 heavy (non-hydrogen) atoms. The Morgan fingerprint density at radius 2 is 1.62 bits per heavy atom. The van der Waals surface area contributed by atoms with Crippen LogP contribution in [-0.2, 0) is 14.8 Å². The number of benzene rings is 2. The average molecular weight is 303 g/mol. The summed E-state index contributed by atoms with van der Waals surface area (Å²) in [5.41, 5.74) is 0.787. The Hall–Kier alpha value is -2.60. The first-order valence-electron chi connectivity index (χ1n) is 6.06. The summed E-state index contributed by atoms with van der Waals surface area (Å²) in [6.45, 7) is 0. The van der Waals surface area contributed by atoms with E-state index in [1.165, 1.54) is 30.3 Å². The fourth-order valence-corrected chi connectivity index (χ4v) is 2.53. The second-order valence-corrected chi connectivity index (χ2v) is 5.89. The van der Waals surface area contributed by atoms with E-state index in [1.54, 1.807) is 12.1 Å². The van der Waals surface area contributed by atoms with Crippen LogP contribution in [-0.4, -0.2) is 19.4 Å². The summed E-state index contributed by atoms with van der Waals surface area (Å²) in [7, 11) is -3.94. The minimum atomic E-state index is -3.94. The molecule has 0 spiro atoms. The van der Waals surface area contributed by atoms with E-state index < -0.39 is 15.9 Å². The monoisotopic (exact) mass is 303 g/mol. The highest BCUT2D eigenvalue weighted by molar-refractivity contribution is 7.90. The number of carbonyl (C=O) groups is 1. The maximum Gasteiger partial charge on any atom is 0.264 e. The van der Waals surface area contributed by atoms with Crippen LogP contribution in [0.25, 0.3) is 6.08 Å². The number of phenols is 1. The predicted octanol–water partition coefficient (Wildman–Crippen LogP) is 1.91. The largest absolute Gasteiger partial charge is 0.508 e. The van der Waals surface area contributed by atoms with Crippen molar-refractivity contribution in [2.75, 3.05) is 0 Å². The minimum absolute atomic E-state index is 0.0516. The molecule has 0 radical (unpaired) electrons. The average Bonchev–Trinajstić information content (AvgIpc) is 2.46. The van der Waals surface area contributed by atoms with Gasteiger partial charge >= 0.3 is 0 Å². The van der Waals surface area contributed by atoms with E-state index in [4.69, 9.17) is 5.11 Å². The molecule has 0 saturated carbocycles.